The third-order valence-corrected chi connectivity index (χ3v) is 4.33. The highest BCUT2D eigenvalue weighted by molar-refractivity contribution is 6.31. The number of ether oxygens (including phenoxy) is 1. The standard InChI is InChI=1S/C22H18Cl2N2O2/c23-19-8-4-7-17(11-19)15-28-21-10-9-20(24)13-18(21)14-25-26-22(27)12-16-5-2-1-3-6-16/h1-11,13-14H,12,15H2,(H,26,27)/b25-14-. The van der Waals surface area contributed by atoms with Gasteiger partial charge in [-0.1, -0.05) is 65.7 Å². The summed E-state index contributed by atoms with van der Waals surface area (Å²) in [6.07, 6.45) is 1.77. The molecule has 0 unspecified atom stereocenters. The van der Waals surface area contributed by atoms with Gasteiger partial charge in [0.15, 0.2) is 0 Å². The Bertz CT molecular complexity index is 975. The van der Waals surface area contributed by atoms with Crippen LogP contribution >= 0.6 is 23.2 Å². The van der Waals surface area contributed by atoms with E-state index in [0.29, 0.717) is 28.0 Å². The molecule has 0 saturated carbocycles. The molecule has 0 atom stereocenters. The van der Waals surface area contributed by atoms with Gasteiger partial charge in [0.2, 0.25) is 5.91 Å². The van der Waals surface area contributed by atoms with Crippen LogP contribution in [0.5, 0.6) is 5.75 Å². The molecule has 1 amide bonds. The molecule has 0 radical (unpaired) electrons. The van der Waals surface area contributed by atoms with Crippen LogP contribution in [0.25, 0.3) is 0 Å². The molecule has 0 saturated heterocycles. The maximum absolute atomic E-state index is 12.0. The molecule has 142 valence electrons. The topological polar surface area (TPSA) is 50.7 Å². The number of hydrogen-bond donors (Lipinski definition) is 1. The van der Waals surface area contributed by atoms with Gasteiger partial charge < -0.3 is 4.74 Å². The predicted molar refractivity (Wildman–Crippen MR) is 113 cm³/mol. The van der Waals surface area contributed by atoms with E-state index in [-0.39, 0.29) is 12.3 Å². The first-order valence-electron chi connectivity index (χ1n) is 8.63. The maximum atomic E-state index is 12.0. The Morgan fingerprint density at radius 2 is 1.68 bits per heavy atom. The summed E-state index contributed by atoms with van der Waals surface area (Å²) in [5, 5.41) is 5.23. The van der Waals surface area contributed by atoms with E-state index in [4.69, 9.17) is 27.9 Å². The SMILES string of the molecule is O=C(Cc1ccccc1)N/N=C\c1cc(Cl)ccc1OCc1cccc(Cl)c1. The van der Waals surface area contributed by atoms with Gasteiger partial charge in [-0.05, 0) is 41.5 Å². The molecule has 0 aliphatic rings. The van der Waals surface area contributed by atoms with Gasteiger partial charge in [0, 0.05) is 15.6 Å². The van der Waals surface area contributed by atoms with Gasteiger partial charge >= 0.3 is 0 Å². The minimum absolute atomic E-state index is 0.203. The first kappa shape index (κ1) is 19.9. The quantitative estimate of drug-likeness (QED) is 0.424. The number of carbonyl (C=O) groups is 1. The van der Waals surface area contributed by atoms with Crippen LogP contribution in [0.15, 0.2) is 77.9 Å². The van der Waals surface area contributed by atoms with Gasteiger partial charge in [-0.25, -0.2) is 5.43 Å². The summed E-state index contributed by atoms with van der Waals surface area (Å²) in [7, 11) is 0. The smallest absolute Gasteiger partial charge is 0.244 e. The normalized spacial score (nSPS) is 10.8. The molecular weight excluding hydrogens is 395 g/mol. The molecule has 4 nitrogen and oxygen atoms in total. The van der Waals surface area contributed by atoms with Gasteiger partial charge in [-0.15, -0.1) is 0 Å². The Hall–Kier alpha value is -2.82. The Kier molecular flexibility index (Phi) is 7.06. The van der Waals surface area contributed by atoms with E-state index in [1.807, 2.05) is 54.6 Å². The zero-order chi connectivity index (χ0) is 19.8. The van der Waals surface area contributed by atoms with Crippen molar-refractivity contribution in [2.75, 3.05) is 0 Å². The van der Waals surface area contributed by atoms with Crippen LogP contribution in [-0.4, -0.2) is 12.1 Å². The summed E-state index contributed by atoms with van der Waals surface area (Å²) in [5.74, 6) is 0.399. The van der Waals surface area contributed by atoms with Crippen molar-refractivity contribution in [1.82, 2.24) is 5.43 Å². The second-order valence-electron chi connectivity index (χ2n) is 6.06. The first-order chi connectivity index (χ1) is 13.6. The van der Waals surface area contributed by atoms with E-state index in [2.05, 4.69) is 10.5 Å². The Morgan fingerprint density at radius 1 is 0.929 bits per heavy atom. The third-order valence-electron chi connectivity index (χ3n) is 3.86. The summed E-state index contributed by atoms with van der Waals surface area (Å²) >= 11 is 12.1. The molecule has 0 heterocycles. The minimum Gasteiger partial charge on any atom is -0.488 e. The van der Waals surface area contributed by atoms with E-state index >= 15 is 0 Å². The van der Waals surface area contributed by atoms with E-state index in [0.717, 1.165) is 11.1 Å². The molecule has 0 aromatic heterocycles. The second kappa shape index (κ2) is 9.93. The highest BCUT2D eigenvalue weighted by atomic mass is 35.5. The lowest BCUT2D eigenvalue weighted by atomic mass is 10.1. The maximum Gasteiger partial charge on any atom is 0.244 e. The number of amides is 1. The fourth-order valence-corrected chi connectivity index (χ4v) is 2.93. The summed E-state index contributed by atoms with van der Waals surface area (Å²) in [6.45, 7) is 0.351. The van der Waals surface area contributed by atoms with E-state index in [1.54, 1.807) is 18.2 Å². The molecule has 0 spiro atoms. The van der Waals surface area contributed by atoms with Crippen LogP contribution in [0.2, 0.25) is 10.0 Å². The largest absolute Gasteiger partial charge is 0.488 e. The highest BCUT2D eigenvalue weighted by Crippen LogP contribution is 2.23. The van der Waals surface area contributed by atoms with Crippen molar-refractivity contribution in [2.24, 2.45) is 5.10 Å². The lowest BCUT2D eigenvalue weighted by Gasteiger charge is -2.10. The van der Waals surface area contributed by atoms with Crippen LogP contribution in [0, 0.1) is 0 Å². The van der Waals surface area contributed by atoms with Crippen LogP contribution in [0.3, 0.4) is 0 Å². The molecule has 0 fully saturated rings. The number of carbonyl (C=O) groups excluding carboxylic acids is 1. The monoisotopic (exact) mass is 412 g/mol. The van der Waals surface area contributed by atoms with E-state index < -0.39 is 0 Å². The van der Waals surface area contributed by atoms with Crippen molar-refractivity contribution in [2.45, 2.75) is 13.0 Å². The Balaban J connectivity index is 1.63. The molecule has 0 aliphatic heterocycles. The van der Waals surface area contributed by atoms with Crippen molar-refractivity contribution in [3.05, 3.63) is 99.5 Å². The molecule has 28 heavy (non-hydrogen) atoms. The van der Waals surface area contributed by atoms with E-state index in [1.165, 1.54) is 6.21 Å². The average Bonchev–Trinajstić information content (AvgIpc) is 2.68. The summed E-state index contributed by atoms with van der Waals surface area (Å²) in [6, 6.07) is 22.1. The van der Waals surface area contributed by atoms with E-state index in [9.17, 15) is 4.79 Å². The number of nitrogens with zero attached hydrogens (tertiary/aromatic N) is 1. The number of hydrazone groups is 1. The fraction of sp³-hybridized carbons (Fsp3) is 0.0909. The van der Waals surface area contributed by atoms with Crippen molar-refractivity contribution < 1.29 is 9.53 Å². The number of benzene rings is 3. The van der Waals surface area contributed by atoms with Crippen LogP contribution < -0.4 is 10.2 Å². The van der Waals surface area contributed by atoms with Gasteiger partial charge in [-0.2, -0.15) is 5.10 Å². The number of rotatable bonds is 7. The summed E-state index contributed by atoms with van der Waals surface area (Å²) < 4.78 is 5.87. The van der Waals surface area contributed by atoms with Crippen LogP contribution in [0.1, 0.15) is 16.7 Å². The molecule has 3 aromatic rings. The highest BCUT2D eigenvalue weighted by Gasteiger charge is 2.05. The summed E-state index contributed by atoms with van der Waals surface area (Å²) in [5.41, 5.74) is 5.05. The zero-order valence-corrected chi connectivity index (χ0v) is 16.5. The van der Waals surface area contributed by atoms with Crippen molar-refractivity contribution >= 4 is 35.3 Å². The fourth-order valence-electron chi connectivity index (χ4n) is 2.53. The first-order valence-corrected chi connectivity index (χ1v) is 9.38. The van der Waals surface area contributed by atoms with Crippen LogP contribution in [-0.2, 0) is 17.8 Å². The number of nitrogens with one attached hydrogen (secondary N) is 1. The second-order valence-corrected chi connectivity index (χ2v) is 6.93. The molecule has 3 aromatic carbocycles. The minimum atomic E-state index is -0.203. The molecule has 6 heteroatoms. The van der Waals surface area contributed by atoms with Gasteiger partial charge in [0.1, 0.15) is 12.4 Å². The van der Waals surface area contributed by atoms with Gasteiger partial charge in [0.05, 0.1) is 12.6 Å². The Morgan fingerprint density at radius 3 is 2.46 bits per heavy atom. The van der Waals surface area contributed by atoms with Crippen molar-refractivity contribution in [1.29, 1.82) is 0 Å². The molecule has 3 rings (SSSR count). The third kappa shape index (κ3) is 6.12. The van der Waals surface area contributed by atoms with Crippen molar-refractivity contribution in [3.8, 4) is 5.75 Å². The summed E-state index contributed by atoms with van der Waals surface area (Å²) in [4.78, 5) is 12.0. The lowest BCUT2D eigenvalue weighted by Crippen LogP contribution is -2.19. The molecule has 1 N–H and O–H groups in total. The van der Waals surface area contributed by atoms with Crippen molar-refractivity contribution in [3.63, 3.8) is 0 Å². The lowest BCUT2D eigenvalue weighted by molar-refractivity contribution is -0.120. The van der Waals surface area contributed by atoms with Gasteiger partial charge in [-0.3, -0.25) is 4.79 Å². The molecule has 0 aliphatic carbocycles. The average molecular weight is 413 g/mol. The molecule has 0 bridgehead atoms. The zero-order valence-electron chi connectivity index (χ0n) is 14.9. The predicted octanol–water partition coefficient (Wildman–Crippen LogP) is 5.27. The number of hydrogen-bond acceptors (Lipinski definition) is 3. The van der Waals surface area contributed by atoms with Crippen LogP contribution in [0.4, 0.5) is 0 Å². The van der Waals surface area contributed by atoms with Gasteiger partial charge in [0.25, 0.3) is 0 Å². The Labute approximate surface area is 173 Å². The molecular formula is C22H18Cl2N2O2. The number of halogens is 2.